The fraction of sp³-hybridized carbons (Fsp3) is 0.250. The summed E-state index contributed by atoms with van der Waals surface area (Å²) < 4.78 is 38.2. The zero-order chi connectivity index (χ0) is 15.4. The van der Waals surface area contributed by atoms with Crippen LogP contribution in [0.4, 0.5) is 8.78 Å². The molecule has 2 aromatic rings. The molecule has 0 aliphatic rings. The minimum Gasteiger partial charge on any atom is -0.496 e. The van der Waals surface area contributed by atoms with Gasteiger partial charge in [-0.2, -0.15) is 0 Å². The molecule has 0 saturated heterocycles. The van der Waals surface area contributed by atoms with Crippen LogP contribution in [0.5, 0.6) is 11.5 Å². The highest BCUT2D eigenvalue weighted by atomic mass is 79.9. The van der Waals surface area contributed by atoms with Crippen molar-refractivity contribution in [2.24, 2.45) is 0 Å². The van der Waals surface area contributed by atoms with Gasteiger partial charge in [-0.15, -0.1) is 0 Å². The number of halogens is 3. The summed E-state index contributed by atoms with van der Waals surface area (Å²) in [5.74, 6) is -1.17. The maximum atomic E-state index is 13.8. The highest BCUT2D eigenvalue weighted by Gasteiger charge is 2.14. The Morgan fingerprint density at radius 2 is 1.76 bits per heavy atom. The minimum absolute atomic E-state index is 0.0341. The van der Waals surface area contributed by atoms with Gasteiger partial charge in [-0.25, -0.2) is 8.78 Å². The van der Waals surface area contributed by atoms with E-state index in [-0.39, 0.29) is 12.4 Å². The van der Waals surface area contributed by atoms with Crippen molar-refractivity contribution in [1.29, 1.82) is 0 Å². The van der Waals surface area contributed by atoms with Gasteiger partial charge in [0.15, 0.2) is 17.4 Å². The maximum absolute atomic E-state index is 13.8. The fourth-order valence-electron chi connectivity index (χ4n) is 2.00. The summed E-state index contributed by atoms with van der Waals surface area (Å²) in [5.41, 5.74) is 2.27. The second kappa shape index (κ2) is 6.89. The Bertz CT molecular complexity index is 621. The number of hydrogen-bond donors (Lipinski definition) is 0. The van der Waals surface area contributed by atoms with Crippen molar-refractivity contribution in [3.8, 4) is 11.5 Å². The molecule has 0 unspecified atom stereocenters. The van der Waals surface area contributed by atoms with Crippen LogP contribution < -0.4 is 9.47 Å². The highest BCUT2D eigenvalue weighted by molar-refractivity contribution is 9.08. The number of methoxy groups -OCH3 is 1. The molecule has 2 aromatic carbocycles. The van der Waals surface area contributed by atoms with Crippen LogP contribution in [0.15, 0.2) is 30.3 Å². The molecule has 0 fully saturated rings. The van der Waals surface area contributed by atoms with E-state index in [2.05, 4.69) is 15.9 Å². The van der Waals surface area contributed by atoms with Crippen molar-refractivity contribution >= 4 is 15.9 Å². The van der Waals surface area contributed by atoms with Crippen molar-refractivity contribution in [2.45, 2.75) is 18.9 Å². The number of alkyl halides is 1. The average molecular weight is 357 g/mol. The lowest BCUT2D eigenvalue weighted by molar-refractivity contribution is 0.267. The molecular formula is C16H15BrF2O2. The van der Waals surface area contributed by atoms with Gasteiger partial charge in [0, 0.05) is 10.9 Å². The molecule has 0 bridgehead atoms. The summed E-state index contributed by atoms with van der Waals surface area (Å²) in [7, 11) is 1.54. The van der Waals surface area contributed by atoms with E-state index in [1.54, 1.807) is 13.2 Å². The first-order valence-electron chi connectivity index (χ1n) is 6.35. The molecule has 0 amide bonds. The Morgan fingerprint density at radius 1 is 1.10 bits per heavy atom. The Labute approximate surface area is 130 Å². The van der Waals surface area contributed by atoms with Gasteiger partial charge in [0.25, 0.3) is 0 Å². The summed E-state index contributed by atoms with van der Waals surface area (Å²) in [6.07, 6.45) is 0. The first kappa shape index (κ1) is 15.8. The van der Waals surface area contributed by atoms with Gasteiger partial charge in [0.05, 0.1) is 7.11 Å². The molecule has 0 heterocycles. The molecule has 112 valence electrons. The second-order valence-corrected chi connectivity index (χ2v) is 5.19. The second-order valence-electron chi connectivity index (χ2n) is 4.63. The zero-order valence-electron chi connectivity index (χ0n) is 11.8. The predicted molar refractivity (Wildman–Crippen MR) is 81.1 cm³/mol. The third-order valence-corrected chi connectivity index (χ3v) is 3.67. The average Bonchev–Trinajstić information content (AvgIpc) is 2.46. The molecule has 2 rings (SSSR count). The van der Waals surface area contributed by atoms with E-state index in [4.69, 9.17) is 9.47 Å². The topological polar surface area (TPSA) is 18.5 Å². The lowest BCUT2D eigenvalue weighted by Gasteiger charge is -2.12. The molecule has 0 aliphatic heterocycles. The van der Waals surface area contributed by atoms with E-state index in [1.807, 2.05) is 19.1 Å². The van der Waals surface area contributed by atoms with E-state index < -0.39 is 11.6 Å². The molecule has 21 heavy (non-hydrogen) atoms. The van der Waals surface area contributed by atoms with Crippen LogP contribution in [0, 0.1) is 18.6 Å². The van der Waals surface area contributed by atoms with Gasteiger partial charge in [-0.1, -0.05) is 27.6 Å². The molecule has 0 aromatic heterocycles. The van der Waals surface area contributed by atoms with Crippen molar-refractivity contribution in [1.82, 2.24) is 0 Å². The molecule has 0 N–H and O–H groups in total. The molecule has 0 atom stereocenters. The summed E-state index contributed by atoms with van der Waals surface area (Å²) in [5, 5.41) is 0.382. The largest absolute Gasteiger partial charge is 0.496 e. The van der Waals surface area contributed by atoms with Crippen LogP contribution >= 0.6 is 15.9 Å². The molecule has 0 radical (unpaired) electrons. The highest BCUT2D eigenvalue weighted by Crippen LogP contribution is 2.27. The number of rotatable bonds is 5. The molecule has 0 spiro atoms. The standard InChI is InChI=1S/C16H15BrF2O2/c1-10-3-4-15(20-2)12(5-10)9-21-16-13(18)6-11(8-17)7-14(16)19/h3-7H,8-9H2,1-2H3. The van der Waals surface area contributed by atoms with Gasteiger partial charge < -0.3 is 9.47 Å². The van der Waals surface area contributed by atoms with E-state index in [9.17, 15) is 8.78 Å². The summed E-state index contributed by atoms with van der Waals surface area (Å²) in [6, 6.07) is 8.06. The normalized spacial score (nSPS) is 10.5. The molecule has 0 saturated carbocycles. The van der Waals surface area contributed by atoms with E-state index in [0.717, 1.165) is 11.1 Å². The van der Waals surface area contributed by atoms with Crippen molar-refractivity contribution in [2.75, 3.05) is 7.11 Å². The summed E-state index contributed by atoms with van der Waals surface area (Å²) >= 11 is 3.16. The predicted octanol–water partition coefficient (Wildman–Crippen LogP) is 4.76. The van der Waals surface area contributed by atoms with Crippen LogP contribution in [0.2, 0.25) is 0 Å². The van der Waals surface area contributed by atoms with Crippen molar-refractivity contribution in [3.05, 3.63) is 58.7 Å². The Kier molecular flexibility index (Phi) is 5.17. The van der Waals surface area contributed by atoms with Gasteiger partial charge in [-0.3, -0.25) is 0 Å². The smallest absolute Gasteiger partial charge is 0.191 e. The number of aryl methyl sites for hydroxylation is 1. The van der Waals surface area contributed by atoms with Crippen LogP contribution in [0.25, 0.3) is 0 Å². The van der Waals surface area contributed by atoms with Gasteiger partial charge in [0.1, 0.15) is 12.4 Å². The third kappa shape index (κ3) is 3.73. The SMILES string of the molecule is COc1ccc(C)cc1COc1c(F)cc(CBr)cc1F. The van der Waals surface area contributed by atoms with Crippen LogP contribution in [0.1, 0.15) is 16.7 Å². The first-order chi connectivity index (χ1) is 10.0. The zero-order valence-corrected chi connectivity index (χ0v) is 13.3. The Balaban J connectivity index is 2.22. The lowest BCUT2D eigenvalue weighted by Crippen LogP contribution is -2.03. The molecule has 5 heteroatoms. The fourth-order valence-corrected chi connectivity index (χ4v) is 2.32. The summed E-state index contributed by atoms with van der Waals surface area (Å²) in [4.78, 5) is 0. The molecule has 2 nitrogen and oxygen atoms in total. The number of benzene rings is 2. The monoisotopic (exact) mass is 356 g/mol. The van der Waals surface area contributed by atoms with Crippen LogP contribution in [-0.2, 0) is 11.9 Å². The van der Waals surface area contributed by atoms with Crippen LogP contribution in [0.3, 0.4) is 0 Å². The van der Waals surface area contributed by atoms with E-state index in [1.165, 1.54) is 12.1 Å². The van der Waals surface area contributed by atoms with Gasteiger partial charge in [0.2, 0.25) is 0 Å². The minimum atomic E-state index is -0.712. The molecular weight excluding hydrogens is 342 g/mol. The first-order valence-corrected chi connectivity index (χ1v) is 7.47. The third-order valence-electron chi connectivity index (χ3n) is 3.02. The lowest BCUT2D eigenvalue weighted by atomic mass is 10.1. The summed E-state index contributed by atoms with van der Waals surface area (Å²) in [6.45, 7) is 1.96. The van der Waals surface area contributed by atoms with E-state index >= 15 is 0 Å². The van der Waals surface area contributed by atoms with Crippen molar-refractivity contribution < 1.29 is 18.3 Å². The van der Waals surface area contributed by atoms with Gasteiger partial charge >= 0.3 is 0 Å². The maximum Gasteiger partial charge on any atom is 0.191 e. The number of hydrogen-bond acceptors (Lipinski definition) is 2. The Morgan fingerprint density at radius 3 is 2.33 bits per heavy atom. The van der Waals surface area contributed by atoms with E-state index in [0.29, 0.717) is 16.6 Å². The Hall–Kier alpha value is -1.62. The molecule has 0 aliphatic carbocycles. The van der Waals surface area contributed by atoms with Crippen molar-refractivity contribution in [3.63, 3.8) is 0 Å². The van der Waals surface area contributed by atoms with Gasteiger partial charge in [-0.05, 0) is 36.8 Å². The quantitative estimate of drug-likeness (QED) is 0.719. The van der Waals surface area contributed by atoms with Crippen LogP contribution in [-0.4, -0.2) is 7.11 Å². The number of ether oxygens (including phenoxy) is 2.